The molecule has 114 valence electrons. The van der Waals surface area contributed by atoms with E-state index in [1.165, 1.54) is 0 Å². The summed E-state index contributed by atoms with van der Waals surface area (Å²) in [6.07, 6.45) is 3.44. The number of nitrogens with zero attached hydrogens (tertiary/aromatic N) is 3. The first-order chi connectivity index (χ1) is 9.93. The summed E-state index contributed by atoms with van der Waals surface area (Å²) in [6, 6.07) is 0. The second-order valence-electron chi connectivity index (χ2n) is 5.67. The maximum atomic E-state index is 12.1. The summed E-state index contributed by atoms with van der Waals surface area (Å²) in [6.45, 7) is 10.5. The van der Waals surface area contributed by atoms with E-state index >= 15 is 0 Å². The van der Waals surface area contributed by atoms with Gasteiger partial charge in [-0.25, -0.2) is 4.68 Å². The van der Waals surface area contributed by atoms with E-state index in [4.69, 9.17) is 0 Å². The minimum atomic E-state index is -0.223. The molecular weight excluding hydrogens is 286 g/mol. The molecule has 21 heavy (non-hydrogen) atoms. The lowest BCUT2D eigenvalue weighted by molar-refractivity contribution is 0.366. The summed E-state index contributed by atoms with van der Waals surface area (Å²) in [4.78, 5) is 19.3. The van der Waals surface area contributed by atoms with Gasteiger partial charge in [0.1, 0.15) is 5.39 Å². The van der Waals surface area contributed by atoms with Crippen LogP contribution in [-0.4, -0.2) is 37.8 Å². The van der Waals surface area contributed by atoms with Crippen molar-refractivity contribution in [2.75, 3.05) is 23.4 Å². The van der Waals surface area contributed by atoms with E-state index in [0.29, 0.717) is 17.0 Å². The monoisotopic (exact) mass is 307 g/mol. The smallest absolute Gasteiger partial charge is 0.263 e. The number of aromatic nitrogens is 4. The highest BCUT2D eigenvalue weighted by atomic mass is 32.2. The molecule has 0 bridgehead atoms. The van der Waals surface area contributed by atoms with E-state index in [0.717, 1.165) is 18.1 Å². The summed E-state index contributed by atoms with van der Waals surface area (Å²) in [5.41, 5.74) is 0.212. The van der Waals surface area contributed by atoms with Gasteiger partial charge in [-0.1, -0.05) is 6.08 Å². The highest BCUT2D eigenvalue weighted by molar-refractivity contribution is 7.99. The maximum absolute atomic E-state index is 12.1. The lowest BCUT2D eigenvalue weighted by Gasteiger charge is -2.19. The van der Waals surface area contributed by atoms with Crippen LogP contribution in [0.4, 0.5) is 5.95 Å². The number of anilines is 1. The zero-order valence-electron chi connectivity index (χ0n) is 12.6. The van der Waals surface area contributed by atoms with E-state index in [9.17, 15) is 4.79 Å². The van der Waals surface area contributed by atoms with Crippen LogP contribution in [0.3, 0.4) is 0 Å². The van der Waals surface area contributed by atoms with Gasteiger partial charge in [0, 0.05) is 18.1 Å². The topological polar surface area (TPSA) is 75.6 Å². The maximum Gasteiger partial charge on any atom is 0.263 e. The second kappa shape index (κ2) is 6.34. The van der Waals surface area contributed by atoms with Gasteiger partial charge in [0.25, 0.3) is 5.56 Å². The van der Waals surface area contributed by atoms with Crippen LogP contribution in [-0.2, 0) is 5.54 Å². The molecule has 0 aromatic carbocycles. The van der Waals surface area contributed by atoms with Crippen LogP contribution in [0.25, 0.3) is 11.0 Å². The first-order valence-electron chi connectivity index (χ1n) is 6.84. The molecule has 6 nitrogen and oxygen atoms in total. The molecule has 2 heterocycles. The molecule has 2 rings (SSSR count). The van der Waals surface area contributed by atoms with E-state index in [-0.39, 0.29) is 11.1 Å². The predicted molar refractivity (Wildman–Crippen MR) is 89.2 cm³/mol. The Kier molecular flexibility index (Phi) is 4.72. The molecule has 2 aromatic rings. The number of hydrogen-bond donors (Lipinski definition) is 2. The standard InChI is InChI=1S/C14H21N5OS/c1-5-7-21-8-6-15-13-17-11-10(12(20)18-13)9-16-19(11)14(2,3)4/h5,9H,1,6-8H2,2-4H3,(H2,15,17,18,20). The third-order valence-electron chi connectivity index (χ3n) is 2.85. The van der Waals surface area contributed by atoms with Crippen molar-refractivity contribution in [2.24, 2.45) is 0 Å². The molecular formula is C14H21N5OS. The number of nitrogens with one attached hydrogen (secondary N) is 2. The molecule has 0 radical (unpaired) electrons. The molecule has 0 aliphatic carbocycles. The zero-order chi connectivity index (χ0) is 15.5. The third kappa shape index (κ3) is 3.66. The molecule has 0 spiro atoms. The zero-order valence-corrected chi connectivity index (χ0v) is 13.5. The summed E-state index contributed by atoms with van der Waals surface area (Å²) < 4.78 is 1.77. The van der Waals surface area contributed by atoms with Crippen molar-refractivity contribution in [1.82, 2.24) is 19.7 Å². The van der Waals surface area contributed by atoms with Gasteiger partial charge in [-0.2, -0.15) is 21.8 Å². The van der Waals surface area contributed by atoms with E-state index in [1.807, 2.05) is 26.8 Å². The van der Waals surface area contributed by atoms with Gasteiger partial charge in [-0.3, -0.25) is 9.78 Å². The fourth-order valence-corrected chi connectivity index (χ4v) is 2.48. The van der Waals surface area contributed by atoms with E-state index in [2.05, 4.69) is 27.0 Å². The van der Waals surface area contributed by atoms with Gasteiger partial charge in [-0.05, 0) is 20.8 Å². The van der Waals surface area contributed by atoms with Crippen molar-refractivity contribution < 1.29 is 0 Å². The first-order valence-corrected chi connectivity index (χ1v) is 8.00. The average Bonchev–Trinajstić information content (AvgIpc) is 2.82. The Hall–Kier alpha value is -1.76. The Bertz CT molecular complexity index is 683. The number of aromatic amines is 1. The molecule has 0 amide bonds. The summed E-state index contributed by atoms with van der Waals surface area (Å²) in [5, 5.41) is 7.93. The van der Waals surface area contributed by atoms with Crippen LogP contribution in [0, 0.1) is 0 Å². The normalized spacial score (nSPS) is 11.8. The fraction of sp³-hybridized carbons (Fsp3) is 0.500. The molecule has 0 aliphatic heterocycles. The Morgan fingerprint density at radius 1 is 1.52 bits per heavy atom. The summed E-state index contributed by atoms with van der Waals surface area (Å²) in [7, 11) is 0. The van der Waals surface area contributed by atoms with Gasteiger partial charge in [0.2, 0.25) is 5.95 Å². The van der Waals surface area contributed by atoms with Crippen molar-refractivity contribution in [1.29, 1.82) is 0 Å². The fourth-order valence-electron chi connectivity index (χ4n) is 1.90. The summed E-state index contributed by atoms with van der Waals surface area (Å²) >= 11 is 1.77. The van der Waals surface area contributed by atoms with Crippen LogP contribution in [0.15, 0.2) is 23.6 Å². The van der Waals surface area contributed by atoms with E-state index < -0.39 is 0 Å². The molecule has 0 fully saturated rings. The SMILES string of the molecule is C=CCSCCNc1nc2c(cnn2C(C)(C)C)c(=O)[nH]1. The molecule has 2 aromatic heterocycles. The minimum absolute atomic E-state index is 0.170. The van der Waals surface area contributed by atoms with Gasteiger partial charge < -0.3 is 5.32 Å². The van der Waals surface area contributed by atoms with Crippen LogP contribution >= 0.6 is 11.8 Å². The number of hydrogen-bond acceptors (Lipinski definition) is 5. The molecule has 0 atom stereocenters. The summed E-state index contributed by atoms with van der Waals surface area (Å²) in [5.74, 6) is 2.33. The Balaban J connectivity index is 2.22. The molecule has 0 saturated heterocycles. The molecule has 2 N–H and O–H groups in total. The van der Waals surface area contributed by atoms with Crippen LogP contribution in [0.2, 0.25) is 0 Å². The van der Waals surface area contributed by atoms with E-state index in [1.54, 1.807) is 22.6 Å². The Labute approximate surface area is 128 Å². The van der Waals surface area contributed by atoms with Gasteiger partial charge in [-0.15, -0.1) is 6.58 Å². The first kappa shape index (κ1) is 15.6. The number of thioether (sulfide) groups is 1. The van der Waals surface area contributed by atoms with Gasteiger partial charge >= 0.3 is 0 Å². The average molecular weight is 307 g/mol. The highest BCUT2D eigenvalue weighted by Crippen LogP contribution is 2.18. The van der Waals surface area contributed by atoms with Crippen molar-refractivity contribution in [3.05, 3.63) is 29.2 Å². The number of rotatable bonds is 6. The molecule has 0 saturated carbocycles. The number of fused-ring (bicyclic) bond motifs is 1. The third-order valence-corrected chi connectivity index (χ3v) is 3.81. The largest absolute Gasteiger partial charge is 0.355 e. The lowest BCUT2D eigenvalue weighted by Crippen LogP contribution is -2.24. The van der Waals surface area contributed by atoms with Crippen molar-refractivity contribution in [2.45, 2.75) is 26.3 Å². The van der Waals surface area contributed by atoms with Gasteiger partial charge in [0.05, 0.1) is 11.7 Å². The second-order valence-corrected chi connectivity index (χ2v) is 6.82. The van der Waals surface area contributed by atoms with Crippen LogP contribution in [0.5, 0.6) is 0 Å². The number of H-pyrrole nitrogens is 1. The molecule has 7 heteroatoms. The van der Waals surface area contributed by atoms with Crippen molar-refractivity contribution >= 4 is 28.7 Å². The molecule has 0 aliphatic rings. The van der Waals surface area contributed by atoms with Gasteiger partial charge in [0.15, 0.2) is 5.65 Å². The Morgan fingerprint density at radius 3 is 2.95 bits per heavy atom. The lowest BCUT2D eigenvalue weighted by atomic mass is 10.1. The van der Waals surface area contributed by atoms with Crippen molar-refractivity contribution in [3.63, 3.8) is 0 Å². The Morgan fingerprint density at radius 2 is 2.29 bits per heavy atom. The van der Waals surface area contributed by atoms with Crippen LogP contribution < -0.4 is 10.9 Å². The predicted octanol–water partition coefficient (Wildman–Crippen LogP) is 2.21. The quantitative estimate of drug-likeness (QED) is 0.632. The highest BCUT2D eigenvalue weighted by Gasteiger charge is 2.19. The van der Waals surface area contributed by atoms with Crippen molar-refractivity contribution in [3.8, 4) is 0 Å². The molecule has 0 unspecified atom stereocenters. The van der Waals surface area contributed by atoms with Crippen LogP contribution in [0.1, 0.15) is 20.8 Å². The minimum Gasteiger partial charge on any atom is -0.355 e.